The Kier molecular flexibility index (Phi) is 13.0. The summed E-state index contributed by atoms with van der Waals surface area (Å²) in [7, 11) is 1.25. The Morgan fingerprint density at radius 1 is 0.594 bits per heavy atom. The SMILES string of the molecule is COC(=O)N[C@@H](C(=O)N1CCC[C@H]1C(=O)Cc1ccc2c3ccc(CC(=O)[C@@H]4CCCN4C(=O)[C@H](NC(C)=O)c4ccccc4)cc3n(C(C)c3ccccc3)c2c1)c1ccccc1. The summed E-state index contributed by atoms with van der Waals surface area (Å²) < 4.78 is 7.10. The lowest BCUT2D eigenvalue weighted by Gasteiger charge is -2.28. The van der Waals surface area contributed by atoms with Gasteiger partial charge in [0.2, 0.25) is 11.8 Å². The molecule has 2 saturated heterocycles. The highest BCUT2D eigenvalue weighted by atomic mass is 16.5. The first kappa shape index (κ1) is 43.6. The van der Waals surface area contributed by atoms with Crippen molar-refractivity contribution in [1.82, 2.24) is 25.0 Å². The fourth-order valence-corrected chi connectivity index (χ4v) is 9.60. The lowest BCUT2D eigenvalue weighted by atomic mass is 9.98. The van der Waals surface area contributed by atoms with Crippen molar-refractivity contribution in [3.8, 4) is 0 Å². The Bertz CT molecular complexity index is 2700. The minimum atomic E-state index is -1.00. The standard InChI is InChI=1S/C52H53N5O7/c1-33(37-15-7-4-8-16-37)57-44-29-35(31-46(59)42-21-13-27-55(42)50(61)48(53-34(2)58)38-17-9-5-10-18-38)23-25-40(44)41-26-24-36(30-45(41)57)32-47(60)43-22-14-28-56(43)51(62)49(54-52(63)64-3)39-19-11-6-12-20-39/h4-12,15-20,23-26,29-30,33,42-43,48-49H,13-14,21-22,27-28,31-32H2,1-3H3,(H,53,58)(H,54,63)/t33?,42-,43-,48+,49+/m0/s1. The number of nitrogens with one attached hydrogen (secondary N) is 2. The number of likely N-dealkylation sites (tertiary alicyclic amines) is 2. The summed E-state index contributed by atoms with van der Waals surface area (Å²) in [5.41, 5.74) is 5.85. The van der Waals surface area contributed by atoms with Crippen molar-refractivity contribution in [3.63, 3.8) is 0 Å². The highest BCUT2D eigenvalue weighted by Crippen LogP contribution is 2.36. The molecule has 4 amide bonds. The summed E-state index contributed by atoms with van der Waals surface area (Å²) in [5.74, 6) is -1.12. The molecule has 1 aromatic heterocycles. The van der Waals surface area contributed by atoms with E-state index in [1.54, 1.807) is 46.2 Å². The van der Waals surface area contributed by atoms with Crippen LogP contribution < -0.4 is 10.6 Å². The number of aromatic nitrogens is 1. The van der Waals surface area contributed by atoms with E-state index >= 15 is 0 Å². The highest BCUT2D eigenvalue weighted by Gasteiger charge is 2.39. The van der Waals surface area contributed by atoms with Crippen molar-refractivity contribution in [2.45, 2.75) is 82.6 Å². The molecule has 5 aromatic carbocycles. The summed E-state index contributed by atoms with van der Waals surface area (Å²) in [4.78, 5) is 84.2. The Morgan fingerprint density at radius 3 is 1.44 bits per heavy atom. The van der Waals surface area contributed by atoms with E-state index in [1.807, 2.05) is 66.7 Å². The van der Waals surface area contributed by atoms with Gasteiger partial charge in [-0.05, 0) is 72.6 Å². The number of methoxy groups -OCH3 is 1. The topological polar surface area (TPSA) is 147 Å². The first-order valence-electron chi connectivity index (χ1n) is 22.0. The predicted molar refractivity (Wildman–Crippen MR) is 244 cm³/mol. The van der Waals surface area contributed by atoms with Gasteiger partial charge in [0.1, 0.15) is 12.1 Å². The molecule has 12 nitrogen and oxygen atoms in total. The second kappa shape index (κ2) is 19.1. The third-order valence-electron chi connectivity index (χ3n) is 12.7. The Morgan fingerprint density at radius 2 is 1.02 bits per heavy atom. The van der Waals surface area contributed by atoms with Gasteiger partial charge in [-0.1, -0.05) is 115 Å². The molecule has 328 valence electrons. The second-order valence-electron chi connectivity index (χ2n) is 16.8. The van der Waals surface area contributed by atoms with Crippen LogP contribution in [0.25, 0.3) is 21.8 Å². The molecule has 12 heteroatoms. The van der Waals surface area contributed by atoms with Gasteiger partial charge in [-0.3, -0.25) is 24.0 Å². The highest BCUT2D eigenvalue weighted by molar-refractivity contribution is 6.09. The molecular formula is C52H53N5O7. The zero-order chi connectivity index (χ0) is 44.9. The molecule has 3 heterocycles. The zero-order valence-electron chi connectivity index (χ0n) is 36.4. The molecular weight excluding hydrogens is 807 g/mol. The number of amides is 4. The predicted octanol–water partition coefficient (Wildman–Crippen LogP) is 7.58. The van der Waals surface area contributed by atoms with E-state index in [4.69, 9.17) is 4.74 Å². The monoisotopic (exact) mass is 859 g/mol. The molecule has 1 unspecified atom stereocenters. The van der Waals surface area contributed by atoms with Gasteiger partial charge in [0.15, 0.2) is 11.6 Å². The molecule has 64 heavy (non-hydrogen) atoms. The van der Waals surface area contributed by atoms with Crippen LogP contribution >= 0.6 is 0 Å². The van der Waals surface area contributed by atoms with Gasteiger partial charge in [-0.2, -0.15) is 0 Å². The molecule has 2 aliphatic rings. The average molecular weight is 860 g/mol. The number of ether oxygens (including phenoxy) is 1. The first-order chi connectivity index (χ1) is 31.0. The van der Waals surface area contributed by atoms with Gasteiger partial charge in [-0.25, -0.2) is 4.79 Å². The second-order valence-corrected chi connectivity index (χ2v) is 16.8. The lowest BCUT2D eigenvalue weighted by Crippen LogP contribution is -2.47. The van der Waals surface area contributed by atoms with Gasteiger partial charge >= 0.3 is 6.09 Å². The maximum Gasteiger partial charge on any atom is 0.407 e. The normalized spacial score (nSPS) is 17.5. The number of nitrogens with zero attached hydrogens (tertiary/aromatic N) is 3. The third-order valence-corrected chi connectivity index (χ3v) is 12.7. The van der Waals surface area contributed by atoms with Crippen molar-refractivity contribution >= 4 is 57.2 Å². The number of carbonyl (C=O) groups is 6. The van der Waals surface area contributed by atoms with E-state index < -0.39 is 30.3 Å². The van der Waals surface area contributed by atoms with Crippen LogP contribution in [0, 0.1) is 0 Å². The van der Waals surface area contributed by atoms with E-state index in [0.717, 1.165) is 38.5 Å². The number of carbonyl (C=O) groups excluding carboxylic acids is 6. The molecule has 6 aromatic rings. The number of benzene rings is 5. The van der Waals surface area contributed by atoms with Crippen LogP contribution in [0.15, 0.2) is 127 Å². The Hall–Kier alpha value is -7.08. The molecule has 0 aliphatic carbocycles. The smallest absolute Gasteiger partial charge is 0.407 e. The van der Waals surface area contributed by atoms with E-state index in [9.17, 15) is 28.8 Å². The fourth-order valence-electron chi connectivity index (χ4n) is 9.60. The summed E-state index contributed by atoms with van der Waals surface area (Å²) in [6.07, 6.45) is 1.91. The molecule has 0 saturated carbocycles. The number of fused-ring (bicyclic) bond motifs is 3. The van der Waals surface area contributed by atoms with E-state index in [1.165, 1.54) is 14.0 Å². The summed E-state index contributed by atoms with van der Waals surface area (Å²) in [6.45, 7) is 4.35. The van der Waals surface area contributed by atoms with Crippen molar-refractivity contribution in [1.29, 1.82) is 0 Å². The Labute approximate surface area is 372 Å². The van der Waals surface area contributed by atoms with E-state index in [-0.39, 0.29) is 48.2 Å². The number of hydrogen-bond acceptors (Lipinski definition) is 7. The van der Waals surface area contributed by atoms with Crippen molar-refractivity contribution in [2.24, 2.45) is 0 Å². The van der Waals surface area contributed by atoms with Gasteiger partial charge in [0, 0.05) is 54.7 Å². The van der Waals surface area contributed by atoms with Gasteiger partial charge < -0.3 is 29.7 Å². The number of alkyl carbamates (subject to hydrolysis) is 1. The maximum absolute atomic E-state index is 14.2. The van der Waals surface area contributed by atoms with Crippen molar-refractivity contribution in [3.05, 3.63) is 155 Å². The molecule has 0 radical (unpaired) electrons. The number of ketones is 2. The molecule has 2 N–H and O–H groups in total. The van der Waals surface area contributed by atoms with Crippen molar-refractivity contribution < 1.29 is 33.5 Å². The molecule has 2 aliphatic heterocycles. The van der Waals surface area contributed by atoms with E-state index in [0.29, 0.717) is 49.9 Å². The van der Waals surface area contributed by atoms with Crippen LogP contribution in [0.4, 0.5) is 4.79 Å². The molecule has 0 bridgehead atoms. The van der Waals surface area contributed by atoms with Crippen LogP contribution in [0.3, 0.4) is 0 Å². The van der Waals surface area contributed by atoms with Crippen molar-refractivity contribution in [2.75, 3.05) is 20.2 Å². The number of rotatable bonds is 14. The van der Waals surface area contributed by atoms with E-state index in [2.05, 4.69) is 46.4 Å². The molecule has 5 atom stereocenters. The van der Waals surface area contributed by atoms with Crippen LogP contribution in [-0.4, -0.2) is 82.0 Å². The maximum atomic E-state index is 14.2. The minimum absolute atomic E-state index is 0.0602. The fraction of sp³-hybridized carbons (Fsp3) is 0.308. The minimum Gasteiger partial charge on any atom is -0.453 e. The number of hydrogen-bond donors (Lipinski definition) is 2. The molecule has 0 spiro atoms. The average Bonchev–Trinajstić information content (AvgIpc) is 4.09. The summed E-state index contributed by atoms with van der Waals surface area (Å²) in [6, 6.07) is 37.1. The zero-order valence-corrected chi connectivity index (χ0v) is 36.4. The Balaban J connectivity index is 1.07. The molecule has 8 rings (SSSR count). The first-order valence-corrected chi connectivity index (χ1v) is 22.0. The largest absolute Gasteiger partial charge is 0.453 e. The molecule has 2 fully saturated rings. The van der Waals surface area contributed by atoms with Crippen LogP contribution in [0.1, 0.15) is 85.5 Å². The lowest BCUT2D eigenvalue weighted by molar-refractivity contribution is -0.140. The van der Waals surface area contributed by atoms with Gasteiger partial charge in [0.05, 0.1) is 25.2 Å². The van der Waals surface area contributed by atoms with Gasteiger partial charge in [0.25, 0.3) is 5.91 Å². The van der Waals surface area contributed by atoms with Crippen LogP contribution in [0.2, 0.25) is 0 Å². The van der Waals surface area contributed by atoms with Crippen LogP contribution in [0.5, 0.6) is 0 Å². The summed E-state index contributed by atoms with van der Waals surface area (Å²) in [5, 5.41) is 7.47. The third kappa shape index (κ3) is 9.04. The quantitative estimate of drug-likeness (QED) is 0.115. The summed E-state index contributed by atoms with van der Waals surface area (Å²) >= 11 is 0. The van der Waals surface area contributed by atoms with Gasteiger partial charge in [-0.15, -0.1) is 0 Å². The van der Waals surface area contributed by atoms with Crippen LogP contribution in [-0.2, 0) is 41.6 Å². The number of Topliss-reactive ketones (excluding diaryl/α,β-unsaturated/α-hetero) is 2.